The lowest BCUT2D eigenvalue weighted by atomic mass is 10.1. The second-order valence-corrected chi connectivity index (χ2v) is 10.9. The Morgan fingerprint density at radius 3 is 2.53 bits per heavy atom. The Balaban J connectivity index is 1.69. The number of sulfonamides is 1. The number of aryl methyl sites for hydroxylation is 1. The molecule has 1 aliphatic carbocycles. The van der Waals surface area contributed by atoms with Crippen LogP contribution in [0.5, 0.6) is 5.75 Å². The van der Waals surface area contributed by atoms with Gasteiger partial charge in [0, 0.05) is 18.1 Å². The number of rotatable bonds is 13. The fourth-order valence-corrected chi connectivity index (χ4v) is 5.45. The molecule has 0 amide bonds. The van der Waals surface area contributed by atoms with Gasteiger partial charge in [0.25, 0.3) is 0 Å². The first-order valence-electron chi connectivity index (χ1n) is 11.7. The van der Waals surface area contributed by atoms with Gasteiger partial charge in [-0.05, 0) is 74.5 Å². The summed E-state index contributed by atoms with van der Waals surface area (Å²) in [5.41, 5.74) is 8.38. The lowest BCUT2D eigenvalue weighted by Gasteiger charge is -2.28. The quantitative estimate of drug-likeness (QED) is 0.299. The molecule has 0 radical (unpaired) electrons. The number of ether oxygens (including phenoxy) is 3. The summed E-state index contributed by atoms with van der Waals surface area (Å²) < 4.78 is 45.0. The highest BCUT2D eigenvalue weighted by Crippen LogP contribution is 2.43. The Morgan fingerprint density at radius 2 is 1.89 bits per heavy atom. The van der Waals surface area contributed by atoms with Crippen molar-refractivity contribution in [3.63, 3.8) is 0 Å². The van der Waals surface area contributed by atoms with Crippen LogP contribution in [0.3, 0.4) is 0 Å². The second-order valence-electron chi connectivity index (χ2n) is 8.72. The molecule has 0 aromatic heterocycles. The van der Waals surface area contributed by atoms with Gasteiger partial charge in [-0.25, -0.2) is 18.0 Å². The molecule has 0 saturated heterocycles. The van der Waals surface area contributed by atoms with Gasteiger partial charge in [-0.2, -0.15) is 0 Å². The van der Waals surface area contributed by atoms with E-state index < -0.39 is 10.0 Å². The molecule has 2 atom stereocenters. The zero-order valence-corrected chi connectivity index (χ0v) is 22.4. The average Bonchev–Trinajstić information content (AvgIpc) is 3.19. The van der Waals surface area contributed by atoms with Gasteiger partial charge in [0.15, 0.2) is 5.69 Å². The lowest BCUT2D eigenvalue weighted by Crippen LogP contribution is -2.34. The first-order chi connectivity index (χ1) is 17.2. The molecule has 11 heteroatoms. The van der Waals surface area contributed by atoms with E-state index in [2.05, 4.69) is 14.5 Å². The summed E-state index contributed by atoms with van der Waals surface area (Å²) in [6.07, 6.45) is 0.317. The van der Waals surface area contributed by atoms with Crippen LogP contribution >= 0.6 is 11.6 Å². The number of halogens is 1. The fourth-order valence-electron chi connectivity index (χ4n) is 4.13. The van der Waals surface area contributed by atoms with Crippen molar-refractivity contribution in [3.05, 3.63) is 63.5 Å². The third-order valence-corrected chi connectivity index (χ3v) is 7.64. The van der Waals surface area contributed by atoms with Crippen molar-refractivity contribution in [2.75, 3.05) is 53.6 Å². The third-order valence-electron chi connectivity index (χ3n) is 5.96. The minimum Gasteiger partial charge on any atom is -0.484 e. The molecule has 0 saturated carbocycles. The molecule has 2 aromatic carbocycles. The lowest BCUT2D eigenvalue weighted by molar-refractivity contribution is 0.0530. The molecular weight excluding hydrogens is 504 g/mol. The van der Waals surface area contributed by atoms with Crippen LogP contribution in [0.4, 0.5) is 5.69 Å². The molecule has 9 nitrogen and oxygen atoms in total. The van der Waals surface area contributed by atoms with Crippen molar-refractivity contribution in [3.8, 4) is 5.75 Å². The molecule has 0 spiro atoms. The van der Waals surface area contributed by atoms with E-state index in [1.807, 2.05) is 27.1 Å². The number of nitrogens with zero attached hydrogens (tertiary/aromatic N) is 2. The van der Waals surface area contributed by atoms with Gasteiger partial charge in [0.1, 0.15) is 11.9 Å². The van der Waals surface area contributed by atoms with Crippen molar-refractivity contribution >= 4 is 27.3 Å². The molecule has 2 aromatic rings. The molecule has 196 valence electrons. The number of hydrogen-bond donors (Lipinski definition) is 2. The maximum Gasteiger partial charge on any atom is 0.240 e. The molecule has 1 aliphatic rings. The largest absolute Gasteiger partial charge is 0.484 e. The van der Waals surface area contributed by atoms with Crippen molar-refractivity contribution in [1.29, 1.82) is 0 Å². The van der Waals surface area contributed by atoms with E-state index in [1.54, 1.807) is 18.2 Å². The molecule has 3 N–H and O–H groups in total. The zero-order valence-electron chi connectivity index (χ0n) is 20.8. The molecule has 0 fully saturated rings. The molecule has 0 unspecified atom stereocenters. The topological polar surface area (TPSA) is 107 Å². The summed E-state index contributed by atoms with van der Waals surface area (Å²) in [6, 6.07) is 8.31. The maximum absolute atomic E-state index is 12.7. The Bertz CT molecular complexity index is 1200. The Kier molecular flexibility index (Phi) is 10.1. The first kappa shape index (κ1) is 28.3. The van der Waals surface area contributed by atoms with Gasteiger partial charge in [-0.15, -0.1) is 0 Å². The van der Waals surface area contributed by atoms with Crippen LogP contribution in [-0.2, 0) is 25.9 Å². The second kappa shape index (κ2) is 12.8. The summed E-state index contributed by atoms with van der Waals surface area (Å²) >= 11 is 6.29. The first-order valence-corrected chi connectivity index (χ1v) is 13.5. The van der Waals surface area contributed by atoms with Crippen molar-refractivity contribution in [2.24, 2.45) is 5.73 Å². The molecule has 0 bridgehead atoms. The number of nitrogens with one attached hydrogen (secondary N) is 1. The molecular formula is C25H33ClN4O5S. The minimum absolute atomic E-state index is 0.00384. The fraction of sp³-hybridized carbons (Fsp3) is 0.480. The predicted octanol–water partition coefficient (Wildman–Crippen LogP) is 3.08. The van der Waals surface area contributed by atoms with E-state index in [4.69, 9.17) is 38.1 Å². The number of fused-ring (bicyclic) bond motifs is 1. The predicted molar refractivity (Wildman–Crippen MR) is 139 cm³/mol. The summed E-state index contributed by atoms with van der Waals surface area (Å²) in [5, 5.41) is 0.490. The Hall–Kier alpha value is -2.23. The van der Waals surface area contributed by atoms with Crippen LogP contribution < -0.4 is 15.2 Å². The maximum atomic E-state index is 12.7. The van der Waals surface area contributed by atoms with Gasteiger partial charge in [0.2, 0.25) is 10.0 Å². The van der Waals surface area contributed by atoms with Gasteiger partial charge in [-0.3, -0.25) is 0 Å². The Labute approximate surface area is 218 Å². The van der Waals surface area contributed by atoms with E-state index >= 15 is 0 Å². The van der Waals surface area contributed by atoms with Gasteiger partial charge < -0.3 is 24.8 Å². The number of nitrogens with two attached hydrogens (primary N) is 1. The molecule has 0 aliphatic heterocycles. The van der Waals surface area contributed by atoms with Crippen molar-refractivity contribution in [1.82, 2.24) is 9.62 Å². The van der Waals surface area contributed by atoms with Gasteiger partial charge in [0.05, 0.1) is 43.9 Å². The average molecular weight is 537 g/mol. The highest BCUT2D eigenvalue weighted by atomic mass is 35.5. The molecule has 0 heterocycles. The van der Waals surface area contributed by atoms with Crippen LogP contribution in [0, 0.1) is 13.5 Å². The summed E-state index contributed by atoms with van der Waals surface area (Å²) in [7, 11) is 0.231. The van der Waals surface area contributed by atoms with E-state index in [9.17, 15) is 8.42 Å². The number of benzene rings is 2. The van der Waals surface area contributed by atoms with Crippen LogP contribution in [0.15, 0.2) is 35.2 Å². The van der Waals surface area contributed by atoms with Crippen LogP contribution in [0.2, 0.25) is 5.02 Å². The standard InChI is InChI=1S/C25H33ClN4O5S/c1-17-13-19(36(31,32)29-8-10-34-12-11-33-9-7-27)5-6-24(17)35-25-21-14-18(26)15-22(28-2)20(21)16-23(25)30(3)4/h5-6,13-15,23,25,29H,7-12,16,27H2,1,3-4H3/t23-,25-/m0/s1. The smallest absolute Gasteiger partial charge is 0.240 e. The Morgan fingerprint density at radius 1 is 1.17 bits per heavy atom. The number of likely N-dealkylation sites (N-methyl/N-ethyl adjacent to an activating group) is 1. The van der Waals surface area contributed by atoms with E-state index in [0.717, 1.165) is 11.1 Å². The van der Waals surface area contributed by atoms with E-state index in [-0.39, 0.29) is 30.2 Å². The monoisotopic (exact) mass is 536 g/mol. The van der Waals surface area contributed by atoms with Crippen LogP contribution in [0.1, 0.15) is 22.8 Å². The highest BCUT2D eigenvalue weighted by molar-refractivity contribution is 7.89. The summed E-state index contributed by atoms with van der Waals surface area (Å²) in [4.78, 5) is 5.86. The highest BCUT2D eigenvalue weighted by Gasteiger charge is 2.37. The summed E-state index contributed by atoms with van der Waals surface area (Å²) in [5.74, 6) is 0.573. The summed E-state index contributed by atoms with van der Waals surface area (Å²) in [6.45, 7) is 11.4. The van der Waals surface area contributed by atoms with E-state index in [1.165, 1.54) is 6.07 Å². The zero-order chi connectivity index (χ0) is 26.3. The normalized spacial score (nSPS) is 17.2. The number of hydrogen-bond acceptors (Lipinski definition) is 7. The SMILES string of the molecule is [C-]#[N+]c1cc(Cl)cc2c1C[C@H](N(C)C)[C@H]2Oc1ccc(S(=O)(=O)NCCOCCOCCN)cc1C. The molecule has 3 rings (SSSR count). The third kappa shape index (κ3) is 6.95. The van der Waals surface area contributed by atoms with Crippen molar-refractivity contribution in [2.45, 2.75) is 30.4 Å². The van der Waals surface area contributed by atoms with Crippen LogP contribution in [0.25, 0.3) is 4.85 Å². The van der Waals surface area contributed by atoms with Gasteiger partial charge in [-0.1, -0.05) is 11.6 Å². The van der Waals surface area contributed by atoms with Crippen LogP contribution in [-0.4, -0.2) is 73.0 Å². The van der Waals surface area contributed by atoms with Gasteiger partial charge >= 0.3 is 0 Å². The minimum atomic E-state index is -3.71. The van der Waals surface area contributed by atoms with Crippen molar-refractivity contribution < 1.29 is 22.6 Å². The van der Waals surface area contributed by atoms with E-state index in [0.29, 0.717) is 54.8 Å². The molecule has 36 heavy (non-hydrogen) atoms.